The molecule has 2 heterocycles. The summed E-state index contributed by atoms with van der Waals surface area (Å²) in [5, 5.41) is 31.2. The van der Waals surface area contributed by atoms with Crippen LogP contribution in [0.1, 0.15) is 22.8 Å². The Labute approximate surface area is 190 Å². The number of aliphatic hydroxyl groups is 3. The number of halogens is 1. The first kappa shape index (κ1) is 22.7. The summed E-state index contributed by atoms with van der Waals surface area (Å²) in [6.45, 7) is 0. The van der Waals surface area contributed by atoms with Crippen LogP contribution in [0.2, 0.25) is 5.02 Å². The molecule has 0 aliphatic carbocycles. The van der Waals surface area contributed by atoms with E-state index in [-0.39, 0.29) is 0 Å². The van der Waals surface area contributed by atoms with E-state index in [9.17, 15) is 15.3 Å². The molecule has 32 heavy (non-hydrogen) atoms. The maximum atomic E-state index is 10.4. The Hall–Kier alpha value is -2.52. The quantitative estimate of drug-likeness (QED) is 0.522. The van der Waals surface area contributed by atoms with Crippen LogP contribution in [0, 0.1) is 0 Å². The highest BCUT2D eigenvalue weighted by molar-refractivity contribution is 6.31. The van der Waals surface area contributed by atoms with Crippen LogP contribution in [0.5, 0.6) is 11.5 Å². The number of aromatic nitrogens is 1. The van der Waals surface area contributed by atoms with Crippen molar-refractivity contribution in [2.45, 2.75) is 37.1 Å². The smallest absolute Gasteiger partial charge is 0.186 e. The Bertz CT molecular complexity index is 1030. The molecule has 1 saturated heterocycles. The maximum Gasteiger partial charge on any atom is 0.186 e. The van der Waals surface area contributed by atoms with Crippen LogP contribution >= 0.6 is 11.6 Å². The first-order valence-corrected chi connectivity index (χ1v) is 10.5. The molecule has 1 aliphatic heterocycles. The molecule has 0 saturated carbocycles. The van der Waals surface area contributed by atoms with Gasteiger partial charge >= 0.3 is 0 Å². The van der Waals surface area contributed by atoms with Gasteiger partial charge in [-0.2, -0.15) is 0 Å². The van der Waals surface area contributed by atoms with Gasteiger partial charge in [0.05, 0.1) is 0 Å². The second kappa shape index (κ2) is 9.95. The molecule has 8 heteroatoms. The first-order valence-electron chi connectivity index (χ1n) is 10.1. The van der Waals surface area contributed by atoms with Crippen LogP contribution in [-0.4, -0.2) is 52.0 Å². The van der Waals surface area contributed by atoms with E-state index in [1.807, 2.05) is 30.3 Å². The Morgan fingerprint density at radius 3 is 2.28 bits per heavy atom. The third-order valence-electron chi connectivity index (χ3n) is 5.40. The lowest BCUT2D eigenvalue weighted by Crippen LogP contribution is -2.54. The minimum absolute atomic E-state index is 0.546. The van der Waals surface area contributed by atoms with Gasteiger partial charge in [0.25, 0.3) is 0 Å². The van der Waals surface area contributed by atoms with E-state index in [1.54, 1.807) is 36.7 Å². The van der Waals surface area contributed by atoms with Crippen molar-refractivity contribution in [3.63, 3.8) is 0 Å². The van der Waals surface area contributed by atoms with E-state index >= 15 is 0 Å². The molecule has 3 N–H and O–H groups in total. The lowest BCUT2D eigenvalue weighted by Gasteiger charge is -2.40. The average Bonchev–Trinajstić information content (AvgIpc) is 2.81. The summed E-state index contributed by atoms with van der Waals surface area (Å²) < 4.78 is 16.6. The lowest BCUT2D eigenvalue weighted by atomic mass is 9.92. The highest BCUT2D eigenvalue weighted by atomic mass is 35.5. The summed E-state index contributed by atoms with van der Waals surface area (Å²) >= 11 is 6.42. The van der Waals surface area contributed by atoms with E-state index in [4.69, 9.17) is 25.8 Å². The SMILES string of the molecule is COC1O[C@@H](c2ccc(Cl)c(Cc3ccc(Oc4ccncc4)cc3)c2)[C@H](O)[C@@H](O)[C@@H]1O. The Morgan fingerprint density at radius 1 is 0.906 bits per heavy atom. The van der Waals surface area contributed by atoms with Crippen molar-refractivity contribution in [3.05, 3.63) is 88.7 Å². The van der Waals surface area contributed by atoms with Gasteiger partial charge in [0, 0.05) is 24.5 Å². The van der Waals surface area contributed by atoms with Crippen molar-refractivity contribution >= 4 is 11.6 Å². The molecular formula is C24H24ClNO6. The number of aliphatic hydroxyl groups excluding tert-OH is 3. The van der Waals surface area contributed by atoms with Gasteiger partial charge < -0.3 is 29.5 Å². The molecule has 1 fully saturated rings. The Kier molecular flexibility index (Phi) is 7.05. The van der Waals surface area contributed by atoms with Crippen LogP contribution in [-0.2, 0) is 15.9 Å². The fraction of sp³-hybridized carbons (Fsp3) is 0.292. The predicted octanol–water partition coefficient (Wildman–Crippen LogP) is 3.24. The monoisotopic (exact) mass is 457 g/mol. The van der Waals surface area contributed by atoms with Gasteiger partial charge in [0.15, 0.2) is 6.29 Å². The van der Waals surface area contributed by atoms with Gasteiger partial charge in [-0.05, 0) is 53.4 Å². The summed E-state index contributed by atoms with van der Waals surface area (Å²) in [6, 6.07) is 16.5. The van der Waals surface area contributed by atoms with Gasteiger partial charge in [0.1, 0.15) is 35.9 Å². The highest BCUT2D eigenvalue weighted by Crippen LogP contribution is 2.34. The van der Waals surface area contributed by atoms with Crippen LogP contribution in [0.15, 0.2) is 67.0 Å². The normalized spacial score (nSPS) is 25.5. The summed E-state index contributed by atoms with van der Waals surface area (Å²) in [7, 11) is 1.37. The summed E-state index contributed by atoms with van der Waals surface area (Å²) in [5.74, 6) is 1.41. The highest BCUT2D eigenvalue weighted by Gasteiger charge is 2.44. The molecule has 2 aromatic carbocycles. The maximum absolute atomic E-state index is 10.4. The zero-order valence-electron chi connectivity index (χ0n) is 17.3. The molecule has 5 atom stereocenters. The second-order valence-electron chi connectivity index (χ2n) is 7.59. The molecule has 3 aromatic rings. The third-order valence-corrected chi connectivity index (χ3v) is 5.77. The molecule has 0 bridgehead atoms. The zero-order chi connectivity index (χ0) is 22.7. The van der Waals surface area contributed by atoms with Crippen molar-refractivity contribution < 1.29 is 29.5 Å². The van der Waals surface area contributed by atoms with Gasteiger partial charge in [0.2, 0.25) is 0 Å². The number of hydrogen-bond acceptors (Lipinski definition) is 7. The molecule has 168 valence electrons. The van der Waals surface area contributed by atoms with E-state index in [1.165, 1.54) is 7.11 Å². The van der Waals surface area contributed by atoms with Gasteiger partial charge in [-0.15, -0.1) is 0 Å². The van der Waals surface area contributed by atoms with Crippen LogP contribution in [0.4, 0.5) is 0 Å². The molecule has 4 rings (SSSR count). The minimum atomic E-state index is -1.40. The average molecular weight is 458 g/mol. The van der Waals surface area contributed by atoms with Crippen molar-refractivity contribution in [2.24, 2.45) is 0 Å². The van der Waals surface area contributed by atoms with Crippen LogP contribution in [0.25, 0.3) is 0 Å². The fourth-order valence-corrected chi connectivity index (χ4v) is 3.85. The molecule has 0 amide bonds. The molecule has 1 unspecified atom stereocenters. The largest absolute Gasteiger partial charge is 0.457 e. The lowest BCUT2D eigenvalue weighted by molar-refractivity contribution is -0.292. The second-order valence-corrected chi connectivity index (χ2v) is 8.00. The molecule has 7 nitrogen and oxygen atoms in total. The number of benzene rings is 2. The Morgan fingerprint density at radius 2 is 1.59 bits per heavy atom. The predicted molar refractivity (Wildman–Crippen MR) is 118 cm³/mol. The molecule has 1 aromatic heterocycles. The van der Waals surface area contributed by atoms with E-state index in [0.29, 0.717) is 28.5 Å². The topological polar surface area (TPSA) is 101 Å². The number of ether oxygens (including phenoxy) is 3. The molecular weight excluding hydrogens is 434 g/mol. The fourth-order valence-electron chi connectivity index (χ4n) is 3.66. The number of nitrogens with zero attached hydrogens (tertiary/aromatic N) is 1. The summed E-state index contributed by atoms with van der Waals surface area (Å²) in [5.41, 5.74) is 2.47. The zero-order valence-corrected chi connectivity index (χ0v) is 18.1. The van der Waals surface area contributed by atoms with Gasteiger partial charge in [-0.1, -0.05) is 35.9 Å². The Balaban J connectivity index is 1.50. The number of methoxy groups -OCH3 is 1. The van der Waals surface area contributed by atoms with E-state index in [2.05, 4.69) is 4.98 Å². The molecule has 1 aliphatic rings. The van der Waals surface area contributed by atoms with Crippen molar-refractivity contribution in [1.82, 2.24) is 4.98 Å². The third kappa shape index (κ3) is 4.94. The van der Waals surface area contributed by atoms with Gasteiger partial charge in [-0.3, -0.25) is 4.98 Å². The standard InChI is InChI=1S/C24H24ClNO6/c1-30-24-22(29)20(27)21(28)23(32-24)15-4-7-19(25)16(13-15)12-14-2-5-17(6-3-14)31-18-8-10-26-11-9-18/h2-11,13,20-24,27-29H,12H2,1H3/t20-,21-,22+,23+,24?/m1/s1. The number of rotatable bonds is 6. The van der Waals surface area contributed by atoms with Crippen molar-refractivity contribution in [3.8, 4) is 11.5 Å². The van der Waals surface area contributed by atoms with Gasteiger partial charge in [-0.25, -0.2) is 0 Å². The number of hydrogen-bond donors (Lipinski definition) is 3. The van der Waals surface area contributed by atoms with Crippen molar-refractivity contribution in [1.29, 1.82) is 0 Å². The molecule has 0 radical (unpaired) electrons. The first-order chi connectivity index (χ1) is 15.5. The minimum Gasteiger partial charge on any atom is -0.457 e. The molecule has 0 spiro atoms. The summed E-state index contributed by atoms with van der Waals surface area (Å²) in [6.07, 6.45) is -2.09. The van der Waals surface area contributed by atoms with Crippen molar-refractivity contribution in [2.75, 3.05) is 7.11 Å². The van der Waals surface area contributed by atoms with Crippen LogP contribution < -0.4 is 4.74 Å². The summed E-state index contributed by atoms with van der Waals surface area (Å²) in [4.78, 5) is 3.97. The van der Waals surface area contributed by atoms with Crippen LogP contribution in [0.3, 0.4) is 0 Å². The number of pyridine rings is 1. The van der Waals surface area contributed by atoms with E-state index in [0.717, 1.165) is 11.1 Å². The van der Waals surface area contributed by atoms with E-state index < -0.39 is 30.7 Å².